The summed E-state index contributed by atoms with van der Waals surface area (Å²) in [6.07, 6.45) is 1.52. The van der Waals surface area contributed by atoms with Crippen molar-refractivity contribution in [3.05, 3.63) is 101 Å². The van der Waals surface area contributed by atoms with Gasteiger partial charge in [-0.2, -0.15) is 0 Å². The van der Waals surface area contributed by atoms with Gasteiger partial charge in [-0.25, -0.2) is 9.97 Å². The highest BCUT2D eigenvalue weighted by atomic mass is 35.5. The van der Waals surface area contributed by atoms with Gasteiger partial charge in [-0.3, -0.25) is 0 Å². The highest BCUT2D eigenvalue weighted by Gasteiger charge is 2.16. The first-order chi connectivity index (χ1) is 15.3. The monoisotopic (exact) mass is 444 g/mol. The second-order valence-electron chi connectivity index (χ2n) is 6.84. The number of nitrogens with zero attached hydrogens (tertiary/aromatic N) is 2. The van der Waals surface area contributed by atoms with Crippen molar-refractivity contribution in [3.8, 4) is 28.5 Å². The molecule has 0 radical (unpaired) electrons. The first-order valence-corrected chi connectivity index (χ1v) is 11.0. The lowest BCUT2D eigenvalue weighted by Gasteiger charge is -2.10. The van der Waals surface area contributed by atoms with E-state index >= 15 is 0 Å². The largest absolute Gasteiger partial charge is 0.489 e. The summed E-state index contributed by atoms with van der Waals surface area (Å²) in [4.78, 5) is 9.63. The summed E-state index contributed by atoms with van der Waals surface area (Å²) < 4.78 is 12.0. The van der Waals surface area contributed by atoms with Crippen LogP contribution in [0.2, 0.25) is 5.02 Å². The predicted octanol–water partition coefficient (Wildman–Crippen LogP) is 7.38. The number of benzene rings is 3. The van der Waals surface area contributed by atoms with Crippen molar-refractivity contribution in [2.45, 2.75) is 6.61 Å². The normalized spacial score (nSPS) is 10.9. The van der Waals surface area contributed by atoms with Gasteiger partial charge in [-0.15, -0.1) is 11.3 Å². The van der Waals surface area contributed by atoms with E-state index in [-0.39, 0.29) is 0 Å². The number of hydrogen-bond acceptors (Lipinski definition) is 5. The maximum atomic E-state index is 6.43. The van der Waals surface area contributed by atoms with Gasteiger partial charge in [0.1, 0.15) is 29.3 Å². The molecule has 0 aliphatic rings. The van der Waals surface area contributed by atoms with Gasteiger partial charge in [0.15, 0.2) is 0 Å². The highest BCUT2D eigenvalue weighted by molar-refractivity contribution is 7.17. The second-order valence-corrected chi connectivity index (χ2v) is 8.10. The molecule has 0 N–H and O–H groups in total. The van der Waals surface area contributed by atoms with E-state index in [1.165, 1.54) is 17.7 Å². The Bertz CT molecular complexity index is 1320. The topological polar surface area (TPSA) is 44.2 Å². The third-order valence-corrected chi connectivity index (χ3v) is 6.00. The number of aromatic nitrogens is 2. The van der Waals surface area contributed by atoms with Crippen LogP contribution in [-0.4, -0.2) is 9.97 Å². The molecule has 0 spiro atoms. The summed E-state index contributed by atoms with van der Waals surface area (Å²) in [5, 5.41) is 3.57. The molecule has 31 heavy (non-hydrogen) atoms. The Balaban J connectivity index is 1.39. The van der Waals surface area contributed by atoms with Crippen molar-refractivity contribution in [1.29, 1.82) is 0 Å². The summed E-state index contributed by atoms with van der Waals surface area (Å²) in [6, 6.07) is 25.3. The fourth-order valence-corrected chi connectivity index (χ4v) is 4.39. The molecule has 4 nitrogen and oxygen atoms in total. The standard InChI is InChI=1S/C25H17ClN2O2S/c26-22-9-5-4-8-20(22)21-15-31-25-23(21)24(27-16-28-25)30-19-12-10-18(11-13-19)29-14-17-6-2-1-3-7-17/h1-13,15-16H,14H2. The average molecular weight is 445 g/mol. The van der Waals surface area contributed by atoms with Gasteiger partial charge in [-0.1, -0.05) is 60.1 Å². The molecular weight excluding hydrogens is 428 g/mol. The molecule has 2 heterocycles. The fourth-order valence-electron chi connectivity index (χ4n) is 3.26. The minimum absolute atomic E-state index is 0.499. The van der Waals surface area contributed by atoms with E-state index in [0.717, 1.165) is 32.7 Å². The third-order valence-electron chi connectivity index (χ3n) is 4.79. The molecule has 3 aromatic carbocycles. The molecule has 0 aliphatic heterocycles. The van der Waals surface area contributed by atoms with Crippen molar-refractivity contribution in [3.63, 3.8) is 0 Å². The van der Waals surface area contributed by atoms with Gasteiger partial charge in [0.05, 0.1) is 5.39 Å². The Kier molecular flexibility index (Phi) is 5.52. The number of ether oxygens (including phenoxy) is 2. The summed E-state index contributed by atoms with van der Waals surface area (Å²) >= 11 is 7.97. The fraction of sp³-hybridized carbons (Fsp3) is 0.0400. The zero-order chi connectivity index (χ0) is 21.0. The molecule has 0 unspecified atom stereocenters. The molecule has 0 aliphatic carbocycles. The van der Waals surface area contributed by atoms with Crippen LogP contribution in [0.25, 0.3) is 21.3 Å². The zero-order valence-electron chi connectivity index (χ0n) is 16.4. The van der Waals surface area contributed by atoms with Gasteiger partial charge in [0.25, 0.3) is 0 Å². The molecule has 0 bridgehead atoms. The van der Waals surface area contributed by atoms with Crippen LogP contribution in [0, 0.1) is 0 Å². The predicted molar refractivity (Wildman–Crippen MR) is 125 cm³/mol. The molecule has 6 heteroatoms. The van der Waals surface area contributed by atoms with E-state index in [1.54, 1.807) is 0 Å². The molecule has 0 saturated carbocycles. The lowest BCUT2D eigenvalue weighted by atomic mass is 10.1. The Labute approximate surface area is 188 Å². The molecule has 5 aromatic rings. The third kappa shape index (κ3) is 4.24. The van der Waals surface area contributed by atoms with E-state index in [9.17, 15) is 0 Å². The van der Waals surface area contributed by atoms with Gasteiger partial charge in [-0.05, 0) is 35.9 Å². The summed E-state index contributed by atoms with van der Waals surface area (Å²) in [7, 11) is 0. The van der Waals surface area contributed by atoms with Crippen LogP contribution in [0.15, 0.2) is 90.6 Å². The van der Waals surface area contributed by atoms with E-state index < -0.39 is 0 Å². The van der Waals surface area contributed by atoms with E-state index in [4.69, 9.17) is 21.1 Å². The van der Waals surface area contributed by atoms with Crippen LogP contribution >= 0.6 is 22.9 Å². The van der Waals surface area contributed by atoms with Crippen molar-refractivity contribution >= 4 is 33.2 Å². The molecular formula is C25H17ClN2O2S. The lowest BCUT2D eigenvalue weighted by molar-refractivity contribution is 0.305. The molecule has 152 valence electrons. The summed E-state index contributed by atoms with van der Waals surface area (Å²) in [6.45, 7) is 0.518. The molecule has 0 saturated heterocycles. The van der Waals surface area contributed by atoms with Crippen LogP contribution in [-0.2, 0) is 6.61 Å². The summed E-state index contributed by atoms with van der Waals surface area (Å²) in [5.74, 6) is 1.94. The highest BCUT2D eigenvalue weighted by Crippen LogP contribution is 2.41. The number of fused-ring (bicyclic) bond motifs is 1. The van der Waals surface area contributed by atoms with Crippen LogP contribution in [0.1, 0.15) is 5.56 Å². The van der Waals surface area contributed by atoms with Crippen LogP contribution in [0.4, 0.5) is 0 Å². The van der Waals surface area contributed by atoms with Gasteiger partial charge in [0, 0.05) is 21.5 Å². The van der Waals surface area contributed by atoms with Crippen LogP contribution in [0.3, 0.4) is 0 Å². The quantitative estimate of drug-likeness (QED) is 0.274. The van der Waals surface area contributed by atoms with Crippen LogP contribution < -0.4 is 9.47 Å². The lowest BCUT2D eigenvalue weighted by Crippen LogP contribution is -1.95. The Hall–Kier alpha value is -3.41. The maximum absolute atomic E-state index is 6.43. The number of thiophene rings is 1. The Morgan fingerprint density at radius 3 is 2.32 bits per heavy atom. The first kappa shape index (κ1) is 19.5. The smallest absolute Gasteiger partial charge is 0.231 e. The second kappa shape index (κ2) is 8.76. The van der Waals surface area contributed by atoms with E-state index in [1.807, 2.05) is 84.2 Å². The van der Waals surface area contributed by atoms with E-state index in [0.29, 0.717) is 23.3 Å². The van der Waals surface area contributed by atoms with Crippen molar-refractivity contribution in [2.24, 2.45) is 0 Å². The SMILES string of the molecule is Clc1ccccc1-c1csc2ncnc(Oc3ccc(OCc4ccccc4)cc3)c12. The van der Waals surface area contributed by atoms with Crippen LogP contribution in [0.5, 0.6) is 17.4 Å². The average Bonchev–Trinajstić information content (AvgIpc) is 3.25. The number of rotatable bonds is 6. The number of halogens is 1. The van der Waals surface area contributed by atoms with Crippen molar-refractivity contribution in [1.82, 2.24) is 9.97 Å². The van der Waals surface area contributed by atoms with E-state index in [2.05, 4.69) is 9.97 Å². The maximum Gasteiger partial charge on any atom is 0.231 e. The van der Waals surface area contributed by atoms with Crippen molar-refractivity contribution < 1.29 is 9.47 Å². The molecule has 0 fully saturated rings. The Morgan fingerprint density at radius 1 is 0.774 bits per heavy atom. The minimum Gasteiger partial charge on any atom is -0.489 e. The Morgan fingerprint density at radius 2 is 1.52 bits per heavy atom. The first-order valence-electron chi connectivity index (χ1n) is 9.70. The molecule has 5 rings (SSSR count). The van der Waals surface area contributed by atoms with Crippen molar-refractivity contribution in [2.75, 3.05) is 0 Å². The van der Waals surface area contributed by atoms with Gasteiger partial charge < -0.3 is 9.47 Å². The summed E-state index contributed by atoms with van der Waals surface area (Å²) in [5.41, 5.74) is 3.01. The molecule has 0 amide bonds. The molecule has 0 atom stereocenters. The number of hydrogen-bond donors (Lipinski definition) is 0. The minimum atomic E-state index is 0.499. The molecule has 2 aromatic heterocycles. The van der Waals surface area contributed by atoms with Gasteiger partial charge >= 0.3 is 0 Å². The zero-order valence-corrected chi connectivity index (χ0v) is 17.9. The van der Waals surface area contributed by atoms with Gasteiger partial charge in [0.2, 0.25) is 5.88 Å².